The number of nitrogens with one attached hydrogen (secondary N) is 1. The van der Waals surface area contributed by atoms with Crippen molar-refractivity contribution in [3.63, 3.8) is 0 Å². The lowest BCUT2D eigenvalue weighted by Crippen LogP contribution is -2.39. The molecular weight excluding hydrogens is 542 g/mol. The van der Waals surface area contributed by atoms with E-state index in [0.717, 1.165) is 26.5 Å². The Morgan fingerprint density at radius 1 is 1.11 bits per heavy atom. The topological polar surface area (TPSA) is 107 Å². The molecule has 0 spiro atoms. The van der Waals surface area contributed by atoms with E-state index in [1.54, 1.807) is 39.0 Å². The zero-order valence-corrected chi connectivity index (χ0v) is 23.1. The van der Waals surface area contributed by atoms with E-state index >= 15 is 0 Å². The largest absolute Gasteiger partial charge is 0.459 e. The molecule has 3 N–H and O–H groups in total. The van der Waals surface area contributed by atoms with Gasteiger partial charge in [0.2, 0.25) is 0 Å². The molecule has 1 atom stereocenters. The first-order valence-corrected chi connectivity index (χ1v) is 14.0. The average molecular weight is 567 g/mol. The Morgan fingerprint density at radius 3 is 2.42 bits per heavy atom. The van der Waals surface area contributed by atoms with Crippen molar-refractivity contribution in [3.05, 3.63) is 76.3 Å². The zero-order chi connectivity index (χ0) is 26.3. The lowest BCUT2D eigenvalue weighted by atomic mass is 10.2. The van der Waals surface area contributed by atoms with Crippen molar-refractivity contribution in [2.24, 2.45) is 5.73 Å². The van der Waals surface area contributed by atoms with Crippen LogP contribution in [-0.2, 0) is 19.6 Å². The number of allylic oxidation sites excluding steroid dienone is 2. The molecule has 1 aromatic heterocycles. The third-order valence-electron chi connectivity index (χ3n) is 5.09. The molecule has 12 heteroatoms. The molecular formula is C24H25Cl2N4O4PS. The predicted molar refractivity (Wildman–Crippen MR) is 147 cm³/mol. The van der Waals surface area contributed by atoms with Gasteiger partial charge in [0, 0.05) is 35.8 Å². The number of anilines is 1. The van der Waals surface area contributed by atoms with Gasteiger partial charge in [-0.05, 0) is 75.4 Å². The van der Waals surface area contributed by atoms with Gasteiger partial charge in [-0.1, -0.05) is 23.2 Å². The number of nitrogens with zero attached hydrogens (tertiary/aromatic N) is 2. The number of carbonyl (C=O) groups is 1. The summed E-state index contributed by atoms with van der Waals surface area (Å²) < 4.78 is 35.8. The molecule has 0 bridgehead atoms. The fourth-order valence-electron chi connectivity index (χ4n) is 3.63. The first-order valence-electron chi connectivity index (χ1n) is 10.9. The van der Waals surface area contributed by atoms with E-state index in [1.807, 2.05) is 29.0 Å². The molecule has 3 aromatic rings. The van der Waals surface area contributed by atoms with Crippen LogP contribution < -0.4 is 15.1 Å². The van der Waals surface area contributed by atoms with Crippen LogP contribution in [-0.4, -0.2) is 31.1 Å². The second-order valence-electron chi connectivity index (χ2n) is 9.06. The van der Waals surface area contributed by atoms with Crippen LogP contribution in [0, 0.1) is 0 Å². The van der Waals surface area contributed by atoms with Crippen LogP contribution >= 0.6 is 31.9 Å². The summed E-state index contributed by atoms with van der Waals surface area (Å²) >= 11 is 12.2. The van der Waals surface area contributed by atoms with E-state index in [4.69, 9.17) is 33.7 Å². The Hall–Kier alpha value is -2.71. The minimum atomic E-state index is -4.23. The molecule has 1 aliphatic rings. The normalized spacial score (nSPS) is 14.8. The Kier molecular flexibility index (Phi) is 7.30. The van der Waals surface area contributed by atoms with Crippen molar-refractivity contribution in [1.82, 2.24) is 9.65 Å². The Bertz CT molecular complexity index is 1490. The zero-order valence-electron chi connectivity index (χ0n) is 19.7. The Balaban J connectivity index is 1.78. The van der Waals surface area contributed by atoms with Gasteiger partial charge in [0.05, 0.1) is 16.1 Å². The van der Waals surface area contributed by atoms with Crippen LogP contribution in [0.5, 0.6) is 0 Å². The van der Waals surface area contributed by atoms with E-state index in [1.165, 1.54) is 18.2 Å². The number of esters is 1. The number of hydrogen-bond donors (Lipinski definition) is 2. The number of benzene rings is 2. The van der Waals surface area contributed by atoms with E-state index in [-0.39, 0.29) is 23.7 Å². The second kappa shape index (κ2) is 9.98. The van der Waals surface area contributed by atoms with E-state index in [9.17, 15) is 13.2 Å². The van der Waals surface area contributed by atoms with Crippen LogP contribution in [0.15, 0.2) is 71.1 Å². The quantitative estimate of drug-likeness (QED) is 0.310. The molecule has 1 unspecified atom stereocenters. The van der Waals surface area contributed by atoms with Gasteiger partial charge in [0.15, 0.2) is 0 Å². The summed E-state index contributed by atoms with van der Waals surface area (Å²) in [5.74, 6) is 0.149. The lowest BCUT2D eigenvalue weighted by molar-refractivity contribution is -0.152. The van der Waals surface area contributed by atoms with Crippen LogP contribution in [0.2, 0.25) is 10.0 Å². The van der Waals surface area contributed by atoms with Gasteiger partial charge >= 0.3 is 5.97 Å². The van der Waals surface area contributed by atoms with Gasteiger partial charge in [-0.25, -0.2) is 8.42 Å². The van der Waals surface area contributed by atoms with Crippen LogP contribution in [0.3, 0.4) is 0 Å². The van der Waals surface area contributed by atoms with Crippen molar-refractivity contribution in [3.8, 4) is 0 Å². The third-order valence-corrected chi connectivity index (χ3v) is 8.12. The number of aromatic nitrogens is 1. The molecule has 0 saturated heterocycles. The maximum absolute atomic E-state index is 13.7. The molecule has 0 fully saturated rings. The number of rotatable bonds is 6. The Labute approximate surface area is 221 Å². The standard InChI is InChI=1S/C24H25Cl2N4O4PS/c1-24(2,3)34-23(31)14-30(36(32,33)19-12-16(25)11-17(26)13-19)18-4-5-20-15(10-18)8-9-29(20)22-7-6-21(27)35-28-22/h4-13,28,35H,14,27H2,1-3H3. The van der Waals surface area contributed by atoms with Gasteiger partial charge in [-0.2, -0.15) is 0 Å². The van der Waals surface area contributed by atoms with Gasteiger partial charge in [-0.15, -0.1) is 0 Å². The molecule has 8 nitrogen and oxygen atoms in total. The minimum absolute atomic E-state index is 0.136. The van der Waals surface area contributed by atoms with Gasteiger partial charge in [-0.3, -0.25) is 9.10 Å². The van der Waals surface area contributed by atoms with Crippen molar-refractivity contribution < 1.29 is 17.9 Å². The highest BCUT2D eigenvalue weighted by Gasteiger charge is 2.30. The molecule has 2 aromatic carbocycles. The number of hydrogen-bond acceptors (Lipinski definition) is 6. The van der Waals surface area contributed by atoms with E-state index in [0.29, 0.717) is 5.69 Å². The monoisotopic (exact) mass is 566 g/mol. The summed E-state index contributed by atoms with van der Waals surface area (Å²) in [7, 11) is -3.96. The van der Waals surface area contributed by atoms with Crippen LogP contribution in [0.25, 0.3) is 16.7 Å². The minimum Gasteiger partial charge on any atom is -0.459 e. The van der Waals surface area contributed by atoms with E-state index in [2.05, 4.69) is 5.09 Å². The summed E-state index contributed by atoms with van der Waals surface area (Å²) in [6.45, 7) is 4.61. The van der Waals surface area contributed by atoms with E-state index < -0.39 is 28.1 Å². The predicted octanol–water partition coefficient (Wildman–Crippen LogP) is 5.28. The smallest absolute Gasteiger partial charge is 0.327 e. The third kappa shape index (κ3) is 5.81. The summed E-state index contributed by atoms with van der Waals surface area (Å²) in [5, 5.41) is 4.37. The lowest BCUT2D eigenvalue weighted by Gasteiger charge is -2.26. The SMILES string of the molecule is CC(C)(C)OC(=O)CN(c1ccc2c(ccn2C2=CC=C(N)PN2)c1)S(=O)(=O)c1cc(Cl)cc(Cl)c1. The van der Waals surface area contributed by atoms with Gasteiger partial charge in [0.25, 0.3) is 10.0 Å². The molecule has 1 aliphatic heterocycles. The van der Waals surface area contributed by atoms with Crippen LogP contribution in [0.4, 0.5) is 5.69 Å². The summed E-state index contributed by atoms with van der Waals surface area (Å²) in [6, 6.07) is 11.0. The summed E-state index contributed by atoms with van der Waals surface area (Å²) in [4.78, 5) is 12.6. The molecule has 0 aliphatic carbocycles. The van der Waals surface area contributed by atoms with Crippen molar-refractivity contribution in [1.29, 1.82) is 0 Å². The van der Waals surface area contributed by atoms with Crippen molar-refractivity contribution in [2.45, 2.75) is 31.3 Å². The first kappa shape index (κ1) is 26.4. The summed E-state index contributed by atoms with van der Waals surface area (Å²) in [6.07, 6.45) is 5.59. The fourth-order valence-corrected chi connectivity index (χ4v) is 6.41. The van der Waals surface area contributed by atoms with Gasteiger partial charge in [0.1, 0.15) is 18.0 Å². The Morgan fingerprint density at radius 2 is 1.81 bits per heavy atom. The fraction of sp³-hybridized carbons (Fsp3) is 0.208. The second-order valence-corrected chi connectivity index (χ2v) is 12.9. The number of nitrogens with two attached hydrogens (primary N) is 1. The highest BCUT2D eigenvalue weighted by molar-refractivity contribution is 7.92. The summed E-state index contributed by atoms with van der Waals surface area (Å²) in [5.41, 5.74) is 6.94. The highest BCUT2D eigenvalue weighted by atomic mass is 35.5. The number of carbonyl (C=O) groups excluding carboxylic acids is 1. The number of ether oxygens (including phenoxy) is 1. The van der Waals surface area contributed by atoms with Crippen LogP contribution in [0.1, 0.15) is 20.8 Å². The molecule has 0 amide bonds. The molecule has 190 valence electrons. The maximum Gasteiger partial charge on any atom is 0.327 e. The number of sulfonamides is 1. The molecule has 0 saturated carbocycles. The van der Waals surface area contributed by atoms with Crippen molar-refractivity contribution >= 4 is 70.3 Å². The van der Waals surface area contributed by atoms with Gasteiger partial charge < -0.3 is 20.1 Å². The molecule has 2 heterocycles. The highest BCUT2D eigenvalue weighted by Crippen LogP contribution is 2.32. The number of halogens is 2. The van der Waals surface area contributed by atoms with Crippen molar-refractivity contribution in [2.75, 3.05) is 10.8 Å². The molecule has 4 rings (SSSR count). The molecule has 36 heavy (non-hydrogen) atoms. The molecule has 0 radical (unpaired) electrons. The maximum atomic E-state index is 13.7. The average Bonchev–Trinajstić information content (AvgIpc) is 3.19. The first-order chi connectivity index (χ1) is 16.8. The number of fused-ring (bicyclic) bond motifs is 1.